The summed E-state index contributed by atoms with van der Waals surface area (Å²) in [4.78, 5) is 0. The third-order valence-electron chi connectivity index (χ3n) is 2.54. The summed E-state index contributed by atoms with van der Waals surface area (Å²) in [5, 5.41) is 4.08. The van der Waals surface area contributed by atoms with Crippen molar-refractivity contribution in [1.29, 1.82) is 0 Å². The molecular formula is C8H16N2. The van der Waals surface area contributed by atoms with Crippen LogP contribution in [0.15, 0.2) is 5.10 Å². The van der Waals surface area contributed by atoms with Crippen LogP contribution in [-0.4, -0.2) is 12.8 Å². The molecule has 0 aromatic carbocycles. The van der Waals surface area contributed by atoms with Crippen molar-refractivity contribution in [2.45, 2.75) is 20.8 Å². The molecule has 0 radical (unpaired) electrons. The maximum atomic E-state index is 4.08. The van der Waals surface area contributed by atoms with Gasteiger partial charge in [0.15, 0.2) is 0 Å². The fraction of sp³-hybridized carbons (Fsp3) is 0.875. The zero-order chi connectivity index (χ0) is 7.56. The highest BCUT2D eigenvalue weighted by atomic mass is 15.3. The van der Waals surface area contributed by atoms with Gasteiger partial charge in [-0.15, -0.1) is 0 Å². The predicted molar refractivity (Wildman–Crippen MR) is 44.0 cm³/mol. The molecule has 10 heavy (non-hydrogen) atoms. The number of hydrogen-bond acceptors (Lipinski definition) is 2. The second-order valence-corrected chi connectivity index (χ2v) is 3.34. The largest absolute Gasteiger partial charge is 0.310 e. The standard InChI is InChI=1S/C8H16N2/c1-6-4-9-10-5-7(2)8(6)3/h4,6-8,10H,5H2,1-3H3. The molecule has 0 amide bonds. The van der Waals surface area contributed by atoms with Gasteiger partial charge >= 0.3 is 0 Å². The maximum absolute atomic E-state index is 4.08. The number of nitrogens with zero attached hydrogens (tertiary/aromatic N) is 1. The van der Waals surface area contributed by atoms with E-state index in [0.29, 0.717) is 5.92 Å². The van der Waals surface area contributed by atoms with Crippen LogP contribution >= 0.6 is 0 Å². The molecule has 58 valence electrons. The fourth-order valence-corrected chi connectivity index (χ4v) is 1.21. The van der Waals surface area contributed by atoms with Gasteiger partial charge in [-0.2, -0.15) is 5.10 Å². The number of hydrogen-bond donors (Lipinski definition) is 1. The molecule has 2 nitrogen and oxygen atoms in total. The molecule has 1 aliphatic rings. The summed E-state index contributed by atoms with van der Waals surface area (Å²) in [7, 11) is 0. The van der Waals surface area contributed by atoms with Crippen molar-refractivity contribution in [2.75, 3.05) is 6.54 Å². The van der Waals surface area contributed by atoms with Crippen molar-refractivity contribution in [1.82, 2.24) is 5.43 Å². The lowest BCUT2D eigenvalue weighted by Gasteiger charge is -2.19. The van der Waals surface area contributed by atoms with Gasteiger partial charge in [0.05, 0.1) is 0 Å². The minimum absolute atomic E-state index is 0.616. The highest BCUT2D eigenvalue weighted by Crippen LogP contribution is 2.19. The molecule has 3 unspecified atom stereocenters. The quantitative estimate of drug-likeness (QED) is 0.541. The third kappa shape index (κ3) is 1.49. The van der Waals surface area contributed by atoms with Crippen LogP contribution < -0.4 is 5.43 Å². The SMILES string of the molecule is CC1C=NNCC(C)C1C. The Kier molecular flexibility index (Phi) is 2.30. The van der Waals surface area contributed by atoms with E-state index in [1.54, 1.807) is 0 Å². The Hall–Kier alpha value is -0.530. The van der Waals surface area contributed by atoms with Crippen molar-refractivity contribution >= 4 is 6.21 Å². The van der Waals surface area contributed by atoms with E-state index in [1.807, 2.05) is 6.21 Å². The Balaban J connectivity index is 2.57. The first-order valence-corrected chi connectivity index (χ1v) is 3.98. The molecule has 1 N–H and O–H groups in total. The molecule has 1 heterocycles. The van der Waals surface area contributed by atoms with Crippen LogP contribution in [0.1, 0.15) is 20.8 Å². The second-order valence-electron chi connectivity index (χ2n) is 3.34. The Morgan fingerprint density at radius 3 is 2.80 bits per heavy atom. The average Bonchev–Trinajstić information content (AvgIpc) is 2.04. The van der Waals surface area contributed by atoms with Gasteiger partial charge in [-0.1, -0.05) is 20.8 Å². The molecule has 0 saturated carbocycles. The molecule has 2 heteroatoms. The van der Waals surface area contributed by atoms with Crippen LogP contribution in [0.3, 0.4) is 0 Å². The minimum Gasteiger partial charge on any atom is -0.310 e. The van der Waals surface area contributed by atoms with Gasteiger partial charge in [-0.3, -0.25) is 0 Å². The van der Waals surface area contributed by atoms with Gasteiger partial charge in [-0.25, -0.2) is 0 Å². The van der Waals surface area contributed by atoms with E-state index < -0.39 is 0 Å². The van der Waals surface area contributed by atoms with E-state index >= 15 is 0 Å². The molecule has 0 saturated heterocycles. The molecule has 0 aromatic heterocycles. The summed E-state index contributed by atoms with van der Waals surface area (Å²) in [6.07, 6.45) is 2.01. The molecule has 3 atom stereocenters. The minimum atomic E-state index is 0.616. The van der Waals surface area contributed by atoms with Gasteiger partial charge in [-0.05, 0) is 17.8 Å². The summed E-state index contributed by atoms with van der Waals surface area (Å²) < 4.78 is 0. The summed E-state index contributed by atoms with van der Waals surface area (Å²) in [5.74, 6) is 2.10. The van der Waals surface area contributed by atoms with Crippen LogP contribution in [0.2, 0.25) is 0 Å². The Morgan fingerprint density at radius 2 is 2.10 bits per heavy atom. The van der Waals surface area contributed by atoms with Crippen molar-refractivity contribution in [3.63, 3.8) is 0 Å². The molecule has 0 fully saturated rings. The monoisotopic (exact) mass is 140 g/mol. The van der Waals surface area contributed by atoms with E-state index in [2.05, 4.69) is 31.3 Å². The normalized spacial score (nSPS) is 40.5. The van der Waals surface area contributed by atoms with E-state index in [-0.39, 0.29) is 0 Å². The lowest BCUT2D eigenvalue weighted by molar-refractivity contribution is 0.338. The van der Waals surface area contributed by atoms with Crippen molar-refractivity contribution in [3.05, 3.63) is 0 Å². The van der Waals surface area contributed by atoms with Gasteiger partial charge < -0.3 is 5.43 Å². The van der Waals surface area contributed by atoms with Crippen molar-refractivity contribution < 1.29 is 0 Å². The zero-order valence-corrected chi connectivity index (χ0v) is 6.96. The number of hydrazone groups is 1. The molecule has 0 aliphatic carbocycles. The van der Waals surface area contributed by atoms with E-state index in [4.69, 9.17) is 0 Å². The summed E-state index contributed by atoms with van der Waals surface area (Å²) in [6, 6.07) is 0. The highest BCUT2D eigenvalue weighted by molar-refractivity contribution is 5.60. The van der Waals surface area contributed by atoms with Crippen molar-refractivity contribution in [3.8, 4) is 0 Å². The van der Waals surface area contributed by atoms with E-state index in [9.17, 15) is 0 Å². The van der Waals surface area contributed by atoms with Gasteiger partial charge in [0.1, 0.15) is 0 Å². The highest BCUT2D eigenvalue weighted by Gasteiger charge is 2.19. The molecular weight excluding hydrogens is 124 g/mol. The first kappa shape index (κ1) is 7.58. The summed E-state index contributed by atoms with van der Waals surface area (Å²) in [6.45, 7) is 7.79. The van der Waals surface area contributed by atoms with Crippen LogP contribution in [0.5, 0.6) is 0 Å². The fourth-order valence-electron chi connectivity index (χ4n) is 1.21. The first-order valence-electron chi connectivity index (χ1n) is 3.98. The molecule has 0 aromatic rings. The first-order chi connectivity index (χ1) is 4.72. The van der Waals surface area contributed by atoms with Gasteiger partial charge in [0, 0.05) is 12.8 Å². The Morgan fingerprint density at radius 1 is 1.40 bits per heavy atom. The number of rotatable bonds is 0. The van der Waals surface area contributed by atoms with Crippen LogP contribution in [-0.2, 0) is 0 Å². The molecule has 1 aliphatic heterocycles. The molecule has 1 rings (SSSR count). The Bertz CT molecular complexity index is 131. The molecule has 0 spiro atoms. The van der Waals surface area contributed by atoms with Crippen LogP contribution in [0.25, 0.3) is 0 Å². The Labute approximate surface area is 62.7 Å². The topological polar surface area (TPSA) is 24.4 Å². The maximum Gasteiger partial charge on any atom is 0.0357 e. The summed E-state index contributed by atoms with van der Waals surface area (Å²) >= 11 is 0. The number of nitrogens with one attached hydrogen (secondary N) is 1. The van der Waals surface area contributed by atoms with Gasteiger partial charge in [0.2, 0.25) is 0 Å². The average molecular weight is 140 g/mol. The van der Waals surface area contributed by atoms with Crippen molar-refractivity contribution in [2.24, 2.45) is 22.9 Å². The van der Waals surface area contributed by atoms with E-state index in [0.717, 1.165) is 18.4 Å². The second kappa shape index (κ2) is 3.04. The van der Waals surface area contributed by atoms with Crippen LogP contribution in [0, 0.1) is 17.8 Å². The van der Waals surface area contributed by atoms with Crippen LogP contribution in [0.4, 0.5) is 0 Å². The third-order valence-corrected chi connectivity index (χ3v) is 2.54. The predicted octanol–water partition coefficient (Wildman–Crippen LogP) is 1.48. The lowest BCUT2D eigenvalue weighted by Crippen LogP contribution is -2.21. The van der Waals surface area contributed by atoms with E-state index in [1.165, 1.54) is 0 Å². The smallest absolute Gasteiger partial charge is 0.0357 e. The van der Waals surface area contributed by atoms with Gasteiger partial charge in [0.25, 0.3) is 0 Å². The summed E-state index contributed by atoms with van der Waals surface area (Å²) in [5.41, 5.74) is 3.03. The lowest BCUT2D eigenvalue weighted by atomic mass is 9.86. The zero-order valence-electron chi connectivity index (χ0n) is 6.96. The molecule has 0 bridgehead atoms.